The Bertz CT molecular complexity index is 1020. The van der Waals surface area contributed by atoms with Crippen LogP contribution in [0, 0.1) is 13.8 Å². The van der Waals surface area contributed by atoms with Gasteiger partial charge in [0.15, 0.2) is 0 Å². The van der Waals surface area contributed by atoms with Gasteiger partial charge in [-0.15, -0.1) is 0 Å². The summed E-state index contributed by atoms with van der Waals surface area (Å²) in [6, 6.07) is 13.4. The average Bonchev–Trinajstić information content (AvgIpc) is 2.63. The van der Waals surface area contributed by atoms with E-state index in [9.17, 15) is 18.0 Å². The predicted molar refractivity (Wildman–Crippen MR) is 101 cm³/mol. The fourth-order valence-corrected chi connectivity index (χ4v) is 2.54. The van der Waals surface area contributed by atoms with E-state index in [0.717, 1.165) is 23.4 Å². The molecular weight excluding hydrogens is 369 g/mol. The summed E-state index contributed by atoms with van der Waals surface area (Å²) in [5.74, 6) is -0.402. The first-order chi connectivity index (χ1) is 13.2. The van der Waals surface area contributed by atoms with Crippen LogP contribution in [0.2, 0.25) is 0 Å². The van der Waals surface area contributed by atoms with Crippen LogP contribution in [0.15, 0.2) is 54.6 Å². The van der Waals surface area contributed by atoms with Crippen molar-refractivity contribution >= 4 is 23.2 Å². The van der Waals surface area contributed by atoms with Gasteiger partial charge in [-0.1, -0.05) is 24.3 Å². The number of amides is 1. The van der Waals surface area contributed by atoms with Crippen molar-refractivity contribution in [2.45, 2.75) is 20.0 Å². The summed E-state index contributed by atoms with van der Waals surface area (Å²) in [7, 11) is 0. The fraction of sp³-hybridized carbons (Fsp3) is 0.150. The van der Waals surface area contributed by atoms with Crippen LogP contribution in [0.25, 0.3) is 0 Å². The molecule has 5 nitrogen and oxygen atoms in total. The average molecular weight is 386 g/mol. The first-order valence-corrected chi connectivity index (χ1v) is 8.39. The second kappa shape index (κ2) is 7.67. The van der Waals surface area contributed by atoms with Gasteiger partial charge in [-0.2, -0.15) is 13.2 Å². The zero-order chi connectivity index (χ0) is 20.3. The van der Waals surface area contributed by atoms with Crippen LogP contribution in [0.4, 0.5) is 30.5 Å². The number of alkyl halides is 3. The molecule has 0 spiro atoms. The number of hydrogen-bond acceptors (Lipinski definition) is 4. The third-order valence-corrected chi connectivity index (χ3v) is 3.93. The van der Waals surface area contributed by atoms with Crippen LogP contribution >= 0.6 is 0 Å². The molecule has 1 heterocycles. The van der Waals surface area contributed by atoms with Crippen molar-refractivity contribution in [3.8, 4) is 0 Å². The fourth-order valence-electron chi connectivity index (χ4n) is 2.54. The number of aryl methyl sites for hydroxylation is 2. The molecule has 3 aromatic rings. The summed E-state index contributed by atoms with van der Waals surface area (Å²) in [6.45, 7) is 3.62. The standard InChI is InChI=1S/C20H17F3N4O/c1-12-6-3-4-9-16(12)26-19-24-13(2)10-17(27-19)18(28)25-15-8-5-7-14(11-15)20(21,22)23/h3-11H,1-2H3,(H,25,28)(H,24,26,27). The monoisotopic (exact) mass is 386 g/mol. The number of para-hydroxylation sites is 1. The molecule has 1 amide bonds. The number of carbonyl (C=O) groups excluding carboxylic acids is 1. The van der Waals surface area contributed by atoms with E-state index in [0.29, 0.717) is 5.69 Å². The Hall–Kier alpha value is -3.42. The van der Waals surface area contributed by atoms with Gasteiger partial charge in [0.1, 0.15) is 5.69 Å². The molecule has 0 aliphatic heterocycles. The number of hydrogen-bond donors (Lipinski definition) is 2. The number of rotatable bonds is 4. The highest BCUT2D eigenvalue weighted by Crippen LogP contribution is 2.30. The van der Waals surface area contributed by atoms with Crippen LogP contribution in [-0.2, 0) is 6.18 Å². The minimum absolute atomic E-state index is 0.0319. The van der Waals surface area contributed by atoms with E-state index in [1.807, 2.05) is 31.2 Å². The van der Waals surface area contributed by atoms with Crippen molar-refractivity contribution in [2.75, 3.05) is 10.6 Å². The molecule has 28 heavy (non-hydrogen) atoms. The minimum atomic E-state index is -4.49. The van der Waals surface area contributed by atoms with E-state index >= 15 is 0 Å². The molecule has 144 valence electrons. The second-order valence-electron chi connectivity index (χ2n) is 6.19. The van der Waals surface area contributed by atoms with Crippen molar-refractivity contribution in [1.29, 1.82) is 0 Å². The topological polar surface area (TPSA) is 66.9 Å². The normalized spacial score (nSPS) is 11.2. The molecule has 0 saturated heterocycles. The van der Waals surface area contributed by atoms with Gasteiger partial charge >= 0.3 is 6.18 Å². The van der Waals surface area contributed by atoms with Gasteiger partial charge in [-0.25, -0.2) is 9.97 Å². The Morgan fingerprint density at radius 1 is 0.964 bits per heavy atom. The van der Waals surface area contributed by atoms with Crippen molar-refractivity contribution < 1.29 is 18.0 Å². The van der Waals surface area contributed by atoms with Gasteiger partial charge in [0.05, 0.1) is 5.56 Å². The Balaban J connectivity index is 1.83. The molecule has 2 N–H and O–H groups in total. The van der Waals surface area contributed by atoms with Gasteiger partial charge < -0.3 is 10.6 Å². The van der Waals surface area contributed by atoms with Crippen molar-refractivity contribution in [2.24, 2.45) is 0 Å². The Kier molecular flexibility index (Phi) is 5.30. The maximum atomic E-state index is 12.8. The molecule has 0 aliphatic carbocycles. The largest absolute Gasteiger partial charge is 0.416 e. The Labute approximate surface area is 159 Å². The number of anilines is 3. The summed E-state index contributed by atoms with van der Waals surface area (Å²) in [5, 5.41) is 5.49. The third-order valence-electron chi connectivity index (χ3n) is 3.93. The Morgan fingerprint density at radius 3 is 2.43 bits per heavy atom. The van der Waals surface area contributed by atoms with Crippen LogP contribution in [-0.4, -0.2) is 15.9 Å². The highest BCUT2D eigenvalue weighted by molar-refractivity contribution is 6.03. The molecule has 0 aliphatic rings. The molecule has 0 saturated carbocycles. The maximum Gasteiger partial charge on any atom is 0.416 e. The van der Waals surface area contributed by atoms with Crippen LogP contribution in [0.1, 0.15) is 27.3 Å². The molecule has 0 radical (unpaired) electrons. The van der Waals surface area contributed by atoms with Gasteiger partial charge in [0.25, 0.3) is 5.91 Å². The highest BCUT2D eigenvalue weighted by atomic mass is 19.4. The quantitative estimate of drug-likeness (QED) is 0.654. The summed E-state index contributed by atoms with van der Waals surface area (Å²) in [4.78, 5) is 20.9. The van der Waals surface area contributed by atoms with Gasteiger partial charge in [-0.05, 0) is 49.7 Å². The molecule has 2 aromatic carbocycles. The lowest BCUT2D eigenvalue weighted by atomic mass is 10.2. The smallest absolute Gasteiger partial charge is 0.324 e. The van der Waals surface area contributed by atoms with E-state index in [2.05, 4.69) is 20.6 Å². The van der Waals surface area contributed by atoms with Gasteiger partial charge in [0.2, 0.25) is 5.95 Å². The third kappa shape index (κ3) is 4.64. The molecule has 3 rings (SSSR count). The molecule has 0 bridgehead atoms. The second-order valence-corrected chi connectivity index (χ2v) is 6.19. The number of benzene rings is 2. The zero-order valence-electron chi connectivity index (χ0n) is 15.1. The van der Waals surface area contributed by atoms with Gasteiger partial charge in [-0.3, -0.25) is 4.79 Å². The first-order valence-electron chi connectivity index (χ1n) is 8.39. The van der Waals surface area contributed by atoms with Crippen LogP contribution in [0.3, 0.4) is 0 Å². The van der Waals surface area contributed by atoms with Crippen LogP contribution in [0.5, 0.6) is 0 Å². The Morgan fingerprint density at radius 2 is 1.71 bits per heavy atom. The molecule has 0 unspecified atom stereocenters. The van der Waals surface area contributed by atoms with Crippen LogP contribution < -0.4 is 10.6 Å². The maximum absolute atomic E-state index is 12.8. The summed E-state index contributed by atoms with van der Waals surface area (Å²) in [6.07, 6.45) is -4.49. The number of nitrogens with zero attached hydrogens (tertiary/aromatic N) is 2. The van der Waals surface area contributed by atoms with E-state index in [-0.39, 0.29) is 17.3 Å². The number of nitrogens with one attached hydrogen (secondary N) is 2. The van der Waals surface area contributed by atoms with Gasteiger partial charge in [0, 0.05) is 17.1 Å². The molecular formula is C20H17F3N4O. The summed E-state index contributed by atoms with van der Waals surface area (Å²) >= 11 is 0. The van der Waals surface area contributed by atoms with E-state index in [4.69, 9.17) is 0 Å². The van der Waals surface area contributed by atoms with Crippen molar-refractivity contribution in [1.82, 2.24) is 9.97 Å². The zero-order valence-corrected chi connectivity index (χ0v) is 15.1. The molecule has 8 heteroatoms. The lowest BCUT2D eigenvalue weighted by Gasteiger charge is -2.11. The SMILES string of the molecule is Cc1cc(C(=O)Nc2cccc(C(F)(F)F)c2)nc(Nc2ccccc2C)n1. The van der Waals surface area contributed by atoms with Crippen molar-refractivity contribution in [3.05, 3.63) is 77.1 Å². The van der Waals surface area contributed by atoms with E-state index in [1.165, 1.54) is 18.2 Å². The van der Waals surface area contributed by atoms with E-state index in [1.54, 1.807) is 6.92 Å². The minimum Gasteiger partial charge on any atom is -0.324 e. The van der Waals surface area contributed by atoms with E-state index < -0.39 is 17.6 Å². The number of carbonyl (C=O) groups is 1. The molecule has 0 atom stereocenters. The first kappa shape index (κ1) is 19.3. The highest BCUT2D eigenvalue weighted by Gasteiger charge is 2.30. The van der Waals surface area contributed by atoms with Crippen molar-refractivity contribution in [3.63, 3.8) is 0 Å². The number of aromatic nitrogens is 2. The lowest BCUT2D eigenvalue weighted by Crippen LogP contribution is -2.16. The summed E-state index contributed by atoms with van der Waals surface area (Å²) in [5.41, 5.74) is 1.54. The molecule has 0 fully saturated rings. The number of halogens is 3. The summed E-state index contributed by atoms with van der Waals surface area (Å²) < 4.78 is 38.5. The lowest BCUT2D eigenvalue weighted by molar-refractivity contribution is -0.137. The molecule has 1 aromatic heterocycles. The predicted octanol–water partition coefficient (Wildman–Crippen LogP) is 5.11.